The Bertz CT molecular complexity index is 1320. The predicted octanol–water partition coefficient (Wildman–Crippen LogP) is 3.78. The number of rotatable bonds is 7. The monoisotopic (exact) mass is 464 g/mol. The van der Waals surface area contributed by atoms with Gasteiger partial charge in [-0.2, -0.15) is 0 Å². The standard InChI is InChI=1S/C24H24N4O4S/c1-13-4-3-5-17(26-13)9-25-23-21-20(15-6-7-18-19(8-15)32-12-31-18)14(2)33-24(21)28-22(27-23)16(10-29)11-30/h3-8,16,29-30H,9-12H2,1-2H3,(H,25,27,28). The van der Waals surface area contributed by atoms with E-state index in [4.69, 9.17) is 19.4 Å². The molecule has 5 rings (SSSR count). The number of benzene rings is 1. The average Bonchev–Trinajstić information content (AvgIpc) is 3.41. The summed E-state index contributed by atoms with van der Waals surface area (Å²) < 4.78 is 11.1. The first kappa shape index (κ1) is 21.6. The van der Waals surface area contributed by atoms with Crippen LogP contribution in [0.15, 0.2) is 36.4 Å². The van der Waals surface area contributed by atoms with Crippen molar-refractivity contribution in [2.24, 2.45) is 0 Å². The largest absolute Gasteiger partial charge is 0.454 e. The number of aromatic nitrogens is 3. The number of nitrogens with zero attached hydrogens (tertiary/aromatic N) is 3. The Hall–Kier alpha value is -3.27. The van der Waals surface area contributed by atoms with Gasteiger partial charge in [0.1, 0.15) is 16.5 Å². The van der Waals surface area contributed by atoms with Gasteiger partial charge in [-0.05, 0) is 43.7 Å². The molecular weight excluding hydrogens is 440 g/mol. The topological polar surface area (TPSA) is 110 Å². The average molecular weight is 465 g/mol. The Balaban J connectivity index is 1.64. The van der Waals surface area contributed by atoms with E-state index in [9.17, 15) is 10.2 Å². The van der Waals surface area contributed by atoms with Gasteiger partial charge in [0, 0.05) is 16.1 Å². The summed E-state index contributed by atoms with van der Waals surface area (Å²) >= 11 is 1.56. The van der Waals surface area contributed by atoms with E-state index in [0.29, 0.717) is 23.9 Å². The van der Waals surface area contributed by atoms with Gasteiger partial charge in [-0.3, -0.25) is 4.98 Å². The lowest BCUT2D eigenvalue weighted by Crippen LogP contribution is -2.14. The third-order valence-corrected chi connectivity index (χ3v) is 6.59. The Labute approximate surface area is 194 Å². The fourth-order valence-electron chi connectivity index (χ4n) is 3.93. The molecule has 0 saturated carbocycles. The summed E-state index contributed by atoms with van der Waals surface area (Å²) in [5.41, 5.74) is 3.83. The highest BCUT2D eigenvalue weighted by molar-refractivity contribution is 7.19. The summed E-state index contributed by atoms with van der Waals surface area (Å²) in [4.78, 5) is 15.9. The maximum Gasteiger partial charge on any atom is 0.231 e. The van der Waals surface area contributed by atoms with E-state index < -0.39 is 5.92 Å². The van der Waals surface area contributed by atoms with E-state index in [1.165, 1.54) is 0 Å². The molecule has 9 heteroatoms. The number of anilines is 1. The predicted molar refractivity (Wildman–Crippen MR) is 127 cm³/mol. The number of aliphatic hydroxyl groups excluding tert-OH is 2. The minimum atomic E-state index is -0.552. The first-order chi connectivity index (χ1) is 16.1. The zero-order valence-corrected chi connectivity index (χ0v) is 19.1. The second-order valence-corrected chi connectivity index (χ2v) is 9.10. The number of thiophene rings is 1. The molecule has 4 aromatic rings. The van der Waals surface area contributed by atoms with Gasteiger partial charge in [0.05, 0.1) is 36.8 Å². The molecule has 0 unspecified atom stereocenters. The minimum absolute atomic E-state index is 0.217. The van der Waals surface area contributed by atoms with Crippen molar-refractivity contribution in [3.05, 3.63) is 58.5 Å². The van der Waals surface area contributed by atoms with E-state index in [0.717, 1.165) is 43.4 Å². The number of aryl methyl sites for hydroxylation is 2. The summed E-state index contributed by atoms with van der Waals surface area (Å²) in [7, 11) is 0. The van der Waals surface area contributed by atoms with Crippen LogP contribution < -0.4 is 14.8 Å². The summed E-state index contributed by atoms with van der Waals surface area (Å²) in [6.45, 7) is 4.23. The SMILES string of the molecule is Cc1cccc(CNc2nc(C(CO)CO)nc3sc(C)c(-c4ccc5c(c4)OCO5)c23)n1. The van der Waals surface area contributed by atoms with E-state index in [1.807, 2.05) is 50.2 Å². The van der Waals surface area contributed by atoms with Gasteiger partial charge in [0.2, 0.25) is 6.79 Å². The molecule has 0 saturated heterocycles. The van der Waals surface area contributed by atoms with Crippen molar-refractivity contribution < 1.29 is 19.7 Å². The number of aliphatic hydroxyl groups is 2. The maximum atomic E-state index is 9.72. The molecule has 0 bridgehead atoms. The van der Waals surface area contributed by atoms with Crippen LogP contribution in [0, 0.1) is 13.8 Å². The third-order valence-electron chi connectivity index (χ3n) is 5.60. The first-order valence-corrected chi connectivity index (χ1v) is 11.5. The highest BCUT2D eigenvalue weighted by Crippen LogP contribution is 2.44. The molecule has 33 heavy (non-hydrogen) atoms. The molecular formula is C24H24N4O4S. The molecule has 0 spiro atoms. The second kappa shape index (κ2) is 8.93. The highest BCUT2D eigenvalue weighted by Gasteiger charge is 2.23. The van der Waals surface area contributed by atoms with Gasteiger partial charge < -0.3 is 25.0 Å². The zero-order valence-electron chi connectivity index (χ0n) is 18.3. The minimum Gasteiger partial charge on any atom is -0.454 e. The van der Waals surface area contributed by atoms with E-state index in [-0.39, 0.29) is 20.0 Å². The lowest BCUT2D eigenvalue weighted by Gasteiger charge is -2.14. The van der Waals surface area contributed by atoms with Gasteiger partial charge >= 0.3 is 0 Å². The number of hydrogen-bond acceptors (Lipinski definition) is 9. The van der Waals surface area contributed by atoms with Crippen LogP contribution in [0.4, 0.5) is 5.82 Å². The van der Waals surface area contributed by atoms with E-state index >= 15 is 0 Å². The van der Waals surface area contributed by atoms with Gasteiger partial charge in [-0.15, -0.1) is 11.3 Å². The van der Waals surface area contributed by atoms with Crippen LogP contribution in [0.5, 0.6) is 11.5 Å². The number of fused-ring (bicyclic) bond motifs is 2. The Kier molecular flexibility index (Phi) is 5.84. The molecule has 0 aliphatic carbocycles. The number of hydrogen-bond donors (Lipinski definition) is 3. The van der Waals surface area contributed by atoms with Crippen LogP contribution in [-0.2, 0) is 6.54 Å². The first-order valence-electron chi connectivity index (χ1n) is 10.7. The highest BCUT2D eigenvalue weighted by atomic mass is 32.1. The maximum absolute atomic E-state index is 9.72. The molecule has 0 radical (unpaired) electrons. The number of pyridine rings is 1. The summed E-state index contributed by atoms with van der Waals surface area (Å²) in [5, 5.41) is 23.7. The summed E-state index contributed by atoms with van der Waals surface area (Å²) in [6.07, 6.45) is 0. The fourth-order valence-corrected chi connectivity index (χ4v) is 4.98. The van der Waals surface area contributed by atoms with Crippen LogP contribution in [0.1, 0.15) is 28.0 Å². The lowest BCUT2D eigenvalue weighted by molar-refractivity contribution is 0.174. The van der Waals surface area contributed by atoms with Crippen LogP contribution in [0.25, 0.3) is 21.3 Å². The molecule has 170 valence electrons. The molecule has 8 nitrogen and oxygen atoms in total. The Morgan fingerprint density at radius 2 is 1.85 bits per heavy atom. The molecule has 3 aromatic heterocycles. The van der Waals surface area contributed by atoms with Gasteiger partial charge in [0.25, 0.3) is 0 Å². The van der Waals surface area contributed by atoms with Crippen molar-refractivity contribution in [1.29, 1.82) is 0 Å². The molecule has 1 aliphatic heterocycles. The van der Waals surface area contributed by atoms with Crippen molar-refractivity contribution in [2.75, 3.05) is 25.3 Å². The molecule has 0 amide bonds. The Morgan fingerprint density at radius 3 is 2.64 bits per heavy atom. The molecule has 0 atom stereocenters. The van der Waals surface area contributed by atoms with Crippen molar-refractivity contribution in [1.82, 2.24) is 15.0 Å². The van der Waals surface area contributed by atoms with Gasteiger partial charge in [0.15, 0.2) is 11.5 Å². The van der Waals surface area contributed by atoms with Crippen molar-refractivity contribution in [2.45, 2.75) is 26.3 Å². The molecule has 0 fully saturated rings. The zero-order chi connectivity index (χ0) is 22.9. The molecule has 3 N–H and O–H groups in total. The number of ether oxygens (including phenoxy) is 2. The third kappa shape index (κ3) is 4.10. The van der Waals surface area contributed by atoms with Crippen LogP contribution in [0.2, 0.25) is 0 Å². The summed E-state index contributed by atoms with van der Waals surface area (Å²) in [6, 6.07) is 11.8. The van der Waals surface area contributed by atoms with Crippen molar-refractivity contribution in [3.8, 4) is 22.6 Å². The number of nitrogens with one attached hydrogen (secondary N) is 1. The fraction of sp³-hybridized carbons (Fsp3) is 0.292. The summed E-state index contributed by atoms with van der Waals surface area (Å²) in [5.74, 6) is 1.94. The lowest BCUT2D eigenvalue weighted by atomic mass is 10.0. The molecule has 1 aliphatic rings. The normalized spacial score (nSPS) is 12.6. The second-order valence-electron chi connectivity index (χ2n) is 7.90. The van der Waals surface area contributed by atoms with E-state index in [1.54, 1.807) is 11.3 Å². The van der Waals surface area contributed by atoms with Gasteiger partial charge in [-0.1, -0.05) is 12.1 Å². The van der Waals surface area contributed by atoms with Crippen molar-refractivity contribution >= 4 is 27.4 Å². The quantitative estimate of drug-likeness (QED) is 0.379. The van der Waals surface area contributed by atoms with Crippen molar-refractivity contribution in [3.63, 3.8) is 0 Å². The smallest absolute Gasteiger partial charge is 0.231 e. The van der Waals surface area contributed by atoms with Gasteiger partial charge in [-0.25, -0.2) is 9.97 Å². The van der Waals surface area contributed by atoms with Crippen LogP contribution in [0.3, 0.4) is 0 Å². The molecule has 1 aromatic carbocycles. The molecule has 4 heterocycles. The van der Waals surface area contributed by atoms with E-state index in [2.05, 4.69) is 10.3 Å². The van der Waals surface area contributed by atoms with Crippen LogP contribution >= 0.6 is 11.3 Å². The van der Waals surface area contributed by atoms with Crippen LogP contribution in [-0.4, -0.2) is 45.2 Å². The Morgan fingerprint density at radius 1 is 1.03 bits per heavy atom.